The molecule has 0 spiro atoms. The first-order chi connectivity index (χ1) is 4.10. The van der Waals surface area contributed by atoms with Crippen LogP contribution in [0.4, 0.5) is 0 Å². The second-order valence-corrected chi connectivity index (χ2v) is 5.90. The summed E-state index contributed by atoms with van der Waals surface area (Å²) in [6.45, 7) is 2.39. The minimum Gasteiger partial charge on any atom is -0.300 e. The van der Waals surface area contributed by atoms with Crippen LogP contribution in [-0.2, 0) is 13.6 Å². The quantitative estimate of drug-likeness (QED) is 0.581. The van der Waals surface area contributed by atoms with E-state index in [1.54, 1.807) is 0 Å². The van der Waals surface area contributed by atoms with Gasteiger partial charge < -0.3 is 4.52 Å². The topological polar surface area (TPSA) is 35.5 Å². The Morgan fingerprint density at radius 1 is 1.78 bits per heavy atom. The maximum atomic E-state index is 10.9. The number of rotatable bonds is 0. The molecule has 0 unspecified atom stereocenters. The Labute approximate surface area is 62.0 Å². The van der Waals surface area contributed by atoms with Crippen LogP contribution < -0.4 is 0 Å². The third kappa shape index (κ3) is 2.38. The second-order valence-electron chi connectivity index (χ2n) is 1.97. The molecule has 2 atom stereocenters. The molecule has 0 radical (unpaired) electrons. The normalized spacial score (nSPS) is 44.9. The van der Waals surface area contributed by atoms with Crippen LogP contribution in [0, 0.1) is 0 Å². The highest BCUT2D eigenvalue weighted by atomic mass is 79.9. The summed E-state index contributed by atoms with van der Waals surface area (Å²) in [4.78, 5) is 0. The summed E-state index contributed by atoms with van der Waals surface area (Å²) >= 11 is 2.84. The maximum absolute atomic E-state index is 10.9. The van der Waals surface area contributed by atoms with E-state index in [4.69, 9.17) is 9.05 Å². The van der Waals surface area contributed by atoms with Crippen molar-refractivity contribution in [2.45, 2.75) is 19.4 Å². The predicted octanol–water partition coefficient (Wildman–Crippen LogP) is 2.31. The van der Waals surface area contributed by atoms with E-state index in [0.29, 0.717) is 6.61 Å². The van der Waals surface area contributed by atoms with Gasteiger partial charge in [0.15, 0.2) is 0 Å². The van der Waals surface area contributed by atoms with Gasteiger partial charge in [-0.25, -0.2) is 4.57 Å². The van der Waals surface area contributed by atoms with Crippen molar-refractivity contribution in [3.8, 4) is 0 Å². The van der Waals surface area contributed by atoms with E-state index >= 15 is 0 Å². The van der Waals surface area contributed by atoms with Crippen molar-refractivity contribution in [1.82, 2.24) is 0 Å². The molecular formula is C4H8BrO3P. The van der Waals surface area contributed by atoms with E-state index in [9.17, 15) is 4.57 Å². The fraction of sp³-hybridized carbons (Fsp3) is 1.00. The maximum Gasteiger partial charge on any atom is 0.396 e. The van der Waals surface area contributed by atoms with Crippen LogP contribution in [0.5, 0.6) is 0 Å². The largest absolute Gasteiger partial charge is 0.396 e. The average molecular weight is 215 g/mol. The van der Waals surface area contributed by atoms with Crippen LogP contribution in [0.1, 0.15) is 13.3 Å². The molecule has 0 saturated carbocycles. The van der Waals surface area contributed by atoms with Gasteiger partial charge in [-0.05, 0) is 13.3 Å². The van der Waals surface area contributed by atoms with Gasteiger partial charge >= 0.3 is 6.30 Å². The number of hydrogen-bond donors (Lipinski definition) is 0. The molecule has 0 aliphatic carbocycles. The monoisotopic (exact) mass is 214 g/mol. The second kappa shape index (κ2) is 2.70. The smallest absolute Gasteiger partial charge is 0.300 e. The van der Waals surface area contributed by atoms with Gasteiger partial charge in [0.1, 0.15) is 0 Å². The Morgan fingerprint density at radius 3 is 2.78 bits per heavy atom. The molecule has 54 valence electrons. The minimum atomic E-state index is -2.83. The molecular weight excluding hydrogens is 207 g/mol. The molecule has 3 nitrogen and oxygen atoms in total. The van der Waals surface area contributed by atoms with Crippen LogP contribution in [0.3, 0.4) is 0 Å². The lowest BCUT2D eigenvalue weighted by Gasteiger charge is -2.22. The lowest BCUT2D eigenvalue weighted by molar-refractivity contribution is 0.105. The van der Waals surface area contributed by atoms with E-state index in [1.165, 1.54) is 0 Å². The Bertz CT molecular complexity index is 149. The predicted molar refractivity (Wildman–Crippen MR) is 37.6 cm³/mol. The van der Waals surface area contributed by atoms with Gasteiger partial charge in [-0.3, -0.25) is 4.52 Å². The van der Waals surface area contributed by atoms with Crippen molar-refractivity contribution in [1.29, 1.82) is 0 Å². The van der Waals surface area contributed by atoms with Crippen molar-refractivity contribution < 1.29 is 13.6 Å². The van der Waals surface area contributed by atoms with Gasteiger partial charge in [0, 0.05) is 15.5 Å². The summed E-state index contributed by atoms with van der Waals surface area (Å²) in [5.41, 5.74) is 0. The van der Waals surface area contributed by atoms with Crippen molar-refractivity contribution in [2.75, 3.05) is 6.61 Å². The summed E-state index contributed by atoms with van der Waals surface area (Å²) in [5, 5.41) is 0. The third-order valence-electron chi connectivity index (χ3n) is 1.08. The Hall–Kier alpha value is 0.630. The molecule has 0 aromatic heterocycles. The van der Waals surface area contributed by atoms with E-state index in [0.717, 1.165) is 6.42 Å². The third-order valence-corrected chi connectivity index (χ3v) is 3.29. The van der Waals surface area contributed by atoms with Crippen molar-refractivity contribution in [3.05, 3.63) is 0 Å². The molecule has 0 amide bonds. The molecule has 0 aromatic carbocycles. The zero-order valence-corrected chi connectivity index (χ0v) is 7.52. The molecule has 1 aliphatic heterocycles. The zero-order chi connectivity index (χ0) is 6.91. The van der Waals surface area contributed by atoms with Crippen LogP contribution in [0.2, 0.25) is 0 Å². The van der Waals surface area contributed by atoms with Crippen molar-refractivity contribution in [3.63, 3.8) is 0 Å². The molecule has 0 aromatic rings. The van der Waals surface area contributed by atoms with Crippen LogP contribution in [0.25, 0.3) is 0 Å². The Balaban J connectivity index is 2.51. The summed E-state index contributed by atoms with van der Waals surface area (Å²) in [6.07, 6.45) is -1.97. The van der Waals surface area contributed by atoms with Gasteiger partial charge in [-0.1, -0.05) is 0 Å². The molecule has 1 heterocycles. The van der Waals surface area contributed by atoms with E-state index in [1.807, 2.05) is 6.92 Å². The first-order valence-electron chi connectivity index (χ1n) is 2.73. The molecule has 1 rings (SSSR count). The average Bonchev–Trinajstić information content (AvgIpc) is 1.60. The Morgan fingerprint density at radius 2 is 2.44 bits per heavy atom. The molecule has 1 aliphatic rings. The van der Waals surface area contributed by atoms with Gasteiger partial charge in [0.2, 0.25) is 0 Å². The van der Waals surface area contributed by atoms with Crippen LogP contribution in [0.15, 0.2) is 0 Å². The van der Waals surface area contributed by atoms with Crippen molar-refractivity contribution >= 4 is 21.8 Å². The molecule has 9 heavy (non-hydrogen) atoms. The minimum absolute atomic E-state index is 0.0453. The molecule has 5 heteroatoms. The first-order valence-corrected chi connectivity index (χ1v) is 6.29. The van der Waals surface area contributed by atoms with E-state index < -0.39 is 6.30 Å². The van der Waals surface area contributed by atoms with Crippen molar-refractivity contribution in [2.24, 2.45) is 0 Å². The first kappa shape index (κ1) is 7.73. The summed E-state index contributed by atoms with van der Waals surface area (Å²) < 4.78 is 20.6. The van der Waals surface area contributed by atoms with Gasteiger partial charge in [0.05, 0.1) is 12.7 Å². The van der Waals surface area contributed by atoms with Gasteiger partial charge in [-0.15, -0.1) is 0 Å². The molecule has 1 fully saturated rings. The number of halogens is 1. The lowest BCUT2D eigenvalue weighted by Crippen LogP contribution is -2.14. The standard InChI is InChI=1S/C4H8BrO3P/c1-4-2-3-7-9(5,6)8-4/h4H,2-3H2,1H3/t4-,9-/m1/s1. The lowest BCUT2D eigenvalue weighted by atomic mass is 10.3. The Kier molecular flexibility index (Phi) is 2.32. The fourth-order valence-corrected chi connectivity index (χ4v) is 2.84. The highest BCUT2D eigenvalue weighted by Gasteiger charge is 2.27. The highest BCUT2D eigenvalue weighted by Crippen LogP contribution is 2.59. The van der Waals surface area contributed by atoms with Gasteiger partial charge in [0.25, 0.3) is 0 Å². The van der Waals surface area contributed by atoms with Gasteiger partial charge in [-0.2, -0.15) is 0 Å². The summed E-state index contributed by atoms with van der Waals surface area (Å²) in [5.74, 6) is 0. The summed E-state index contributed by atoms with van der Waals surface area (Å²) in [7, 11) is 0. The molecule has 0 bridgehead atoms. The summed E-state index contributed by atoms with van der Waals surface area (Å²) in [6, 6.07) is 0. The zero-order valence-electron chi connectivity index (χ0n) is 5.04. The van der Waals surface area contributed by atoms with E-state index in [2.05, 4.69) is 15.5 Å². The molecule has 1 saturated heterocycles. The highest BCUT2D eigenvalue weighted by molar-refractivity contribution is 9.39. The molecule has 0 N–H and O–H groups in total. The van der Waals surface area contributed by atoms with Crippen LogP contribution >= 0.6 is 21.8 Å². The number of hydrogen-bond acceptors (Lipinski definition) is 3. The SMILES string of the molecule is C[C@@H]1CCO[P@](=O)(Br)O1. The fourth-order valence-electron chi connectivity index (χ4n) is 0.626. The van der Waals surface area contributed by atoms with E-state index in [-0.39, 0.29) is 6.10 Å². The van der Waals surface area contributed by atoms with Crippen LogP contribution in [-0.4, -0.2) is 12.7 Å².